The minimum Gasteiger partial charge on any atom is -0.394 e. The normalized spacial score (nSPS) is 10.4. The van der Waals surface area contributed by atoms with Gasteiger partial charge in [0.2, 0.25) is 0 Å². The summed E-state index contributed by atoms with van der Waals surface area (Å²) >= 11 is 0. The molecule has 0 fully saturated rings. The Hall–Kier alpha value is -1.10. The van der Waals surface area contributed by atoms with Crippen molar-refractivity contribution in [1.29, 1.82) is 0 Å². The average Bonchev–Trinajstić information content (AvgIpc) is 2.30. The van der Waals surface area contributed by atoms with E-state index in [1.807, 2.05) is 18.2 Å². The van der Waals surface area contributed by atoms with Gasteiger partial charge in [-0.3, -0.25) is 0 Å². The molecule has 0 unspecified atom stereocenters. The van der Waals surface area contributed by atoms with Crippen molar-refractivity contribution in [3.63, 3.8) is 0 Å². The Morgan fingerprint density at radius 1 is 1.31 bits per heavy atom. The fraction of sp³-hybridized carbons (Fsp3) is 0.500. The van der Waals surface area contributed by atoms with Crippen molar-refractivity contribution in [3.8, 4) is 0 Å². The van der Waals surface area contributed by atoms with Crippen molar-refractivity contribution in [2.45, 2.75) is 6.61 Å². The monoisotopic (exact) mass is 225 g/mol. The van der Waals surface area contributed by atoms with E-state index >= 15 is 0 Å². The second-order valence-corrected chi connectivity index (χ2v) is 3.40. The maximum absolute atomic E-state index is 8.52. The molecule has 0 aliphatic rings. The standard InChI is InChI=1S/C12H19NO3/c1-15-10-11-3-2-4-12(9-11)13-5-7-16-8-6-14/h2-4,9,13-14H,5-8,10H2,1H3. The van der Waals surface area contributed by atoms with Gasteiger partial charge in [0.05, 0.1) is 26.4 Å². The van der Waals surface area contributed by atoms with Crippen LogP contribution in [0.25, 0.3) is 0 Å². The van der Waals surface area contributed by atoms with Crippen molar-refractivity contribution >= 4 is 5.69 Å². The molecule has 1 aromatic carbocycles. The first-order valence-electron chi connectivity index (χ1n) is 5.37. The molecule has 0 aliphatic heterocycles. The van der Waals surface area contributed by atoms with E-state index in [1.54, 1.807) is 7.11 Å². The van der Waals surface area contributed by atoms with Gasteiger partial charge in [-0.25, -0.2) is 0 Å². The van der Waals surface area contributed by atoms with Gasteiger partial charge in [0.1, 0.15) is 0 Å². The largest absolute Gasteiger partial charge is 0.394 e. The van der Waals surface area contributed by atoms with Gasteiger partial charge in [0, 0.05) is 19.3 Å². The Labute approximate surface area is 96.2 Å². The number of hydrogen-bond donors (Lipinski definition) is 2. The predicted molar refractivity (Wildman–Crippen MR) is 63.5 cm³/mol. The van der Waals surface area contributed by atoms with E-state index in [9.17, 15) is 0 Å². The van der Waals surface area contributed by atoms with Crippen molar-refractivity contribution in [1.82, 2.24) is 0 Å². The van der Waals surface area contributed by atoms with Gasteiger partial charge >= 0.3 is 0 Å². The zero-order valence-electron chi connectivity index (χ0n) is 9.61. The lowest BCUT2D eigenvalue weighted by Gasteiger charge is -2.08. The van der Waals surface area contributed by atoms with E-state index in [0.717, 1.165) is 17.8 Å². The third-order valence-corrected chi connectivity index (χ3v) is 2.05. The number of methoxy groups -OCH3 is 1. The number of ether oxygens (including phenoxy) is 2. The van der Waals surface area contributed by atoms with Crippen LogP contribution in [-0.2, 0) is 16.1 Å². The molecule has 4 heteroatoms. The first-order valence-corrected chi connectivity index (χ1v) is 5.37. The summed E-state index contributed by atoms with van der Waals surface area (Å²) in [6.07, 6.45) is 0. The molecule has 0 aliphatic carbocycles. The molecule has 1 rings (SSSR count). The number of hydrogen-bond acceptors (Lipinski definition) is 4. The Morgan fingerprint density at radius 2 is 2.19 bits per heavy atom. The lowest BCUT2D eigenvalue weighted by molar-refractivity contribution is 0.0992. The van der Waals surface area contributed by atoms with Crippen LogP contribution in [0.4, 0.5) is 5.69 Å². The molecule has 90 valence electrons. The third-order valence-electron chi connectivity index (χ3n) is 2.05. The third kappa shape index (κ3) is 5.11. The summed E-state index contributed by atoms with van der Waals surface area (Å²) < 4.78 is 10.2. The molecule has 0 bridgehead atoms. The van der Waals surface area contributed by atoms with E-state index in [1.165, 1.54) is 0 Å². The first-order chi connectivity index (χ1) is 7.86. The molecule has 0 spiro atoms. The van der Waals surface area contributed by atoms with Gasteiger partial charge in [-0.15, -0.1) is 0 Å². The summed E-state index contributed by atoms with van der Waals surface area (Å²) in [6, 6.07) is 8.07. The Balaban J connectivity index is 2.27. The van der Waals surface area contributed by atoms with Gasteiger partial charge in [-0.1, -0.05) is 12.1 Å². The van der Waals surface area contributed by atoms with Crippen molar-refractivity contribution in [3.05, 3.63) is 29.8 Å². The predicted octanol–water partition coefficient (Wildman–Crippen LogP) is 1.25. The minimum absolute atomic E-state index is 0.0727. The molecule has 0 saturated carbocycles. The van der Waals surface area contributed by atoms with Crippen molar-refractivity contribution < 1.29 is 14.6 Å². The molecule has 0 aromatic heterocycles. The number of benzene rings is 1. The van der Waals surface area contributed by atoms with E-state index < -0.39 is 0 Å². The molecular formula is C12H19NO3. The van der Waals surface area contributed by atoms with Gasteiger partial charge in [-0.05, 0) is 17.7 Å². The fourth-order valence-electron chi connectivity index (χ4n) is 1.37. The van der Waals surface area contributed by atoms with Crippen LogP contribution in [0.2, 0.25) is 0 Å². The molecule has 0 heterocycles. The van der Waals surface area contributed by atoms with Gasteiger partial charge in [0.25, 0.3) is 0 Å². The highest BCUT2D eigenvalue weighted by atomic mass is 16.5. The van der Waals surface area contributed by atoms with Crippen LogP contribution < -0.4 is 5.32 Å². The van der Waals surface area contributed by atoms with Gasteiger partial charge < -0.3 is 19.9 Å². The second-order valence-electron chi connectivity index (χ2n) is 3.40. The average molecular weight is 225 g/mol. The number of rotatable bonds is 8. The number of aliphatic hydroxyl groups excluding tert-OH is 1. The van der Waals surface area contributed by atoms with Crippen LogP contribution in [0, 0.1) is 0 Å². The van der Waals surface area contributed by atoms with Crippen LogP contribution >= 0.6 is 0 Å². The SMILES string of the molecule is COCc1cccc(NCCOCCO)c1. The van der Waals surface area contributed by atoms with Gasteiger partial charge in [-0.2, -0.15) is 0 Å². The number of aliphatic hydroxyl groups is 1. The maximum Gasteiger partial charge on any atom is 0.0713 e. The zero-order chi connectivity index (χ0) is 11.6. The van der Waals surface area contributed by atoms with Crippen LogP contribution in [-0.4, -0.2) is 38.6 Å². The lowest BCUT2D eigenvalue weighted by atomic mass is 10.2. The van der Waals surface area contributed by atoms with Crippen LogP contribution in [0.3, 0.4) is 0 Å². The van der Waals surface area contributed by atoms with Crippen molar-refractivity contribution in [2.75, 3.05) is 38.8 Å². The summed E-state index contributed by atoms with van der Waals surface area (Å²) in [4.78, 5) is 0. The highest BCUT2D eigenvalue weighted by molar-refractivity contribution is 5.45. The van der Waals surface area contributed by atoms with E-state index in [2.05, 4.69) is 11.4 Å². The maximum atomic E-state index is 8.52. The van der Waals surface area contributed by atoms with Crippen LogP contribution in [0.5, 0.6) is 0 Å². The highest BCUT2D eigenvalue weighted by Crippen LogP contribution is 2.10. The molecular weight excluding hydrogens is 206 g/mol. The molecule has 4 nitrogen and oxygen atoms in total. The Kier molecular flexibility index (Phi) is 6.56. The Bertz CT molecular complexity index is 291. The first kappa shape index (κ1) is 13.0. The minimum atomic E-state index is 0.0727. The lowest BCUT2D eigenvalue weighted by Crippen LogP contribution is -2.11. The molecule has 2 N–H and O–H groups in total. The van der Waals surface area contributed by atoms with E-state index in [4.69, 9.17) is 14.6 Å². The van der Waals surface area contributed by atoms with Crippen LogP contribution in [0.1, 0.15) is 5.56 Å². The number of anilines is 1. The molecule has 0 amide bonds. The molecule has 0 atom stereocenters. The van der Waals surface area contributed by atoms with E-state index in [-0.39, 0.29) is 6.61 Å². The second kappa shape index (κ2) is 8.10. The summed E-state index contributed by atoms with van der Waals surface area (Å²) in [7, 11) is 1.68. The summed E-state index contributed by atoms with van der Waals surface area (Å²) in [5, 5.41) is 11.8. The fourth-order valence-corrected chi connectivity index (χ4v) is 1.37. The number of nitrogens with one attached hydrogen (secondary N) is 1. The van der Waals surface area contributed by atoms with Crippen molar-refractivity contribution in [2.24, 2.45) is 0 Å². The van der Waals surface area contributed by atoms with E-state index in [0.29, 0.717) is 19.8 Å². The topological polar surface area (TPSA) is 50.7 Å². The molecule has 0 saturated heterocycles. The summed E-state index contributed by atoms with van der Waals surface area (Å²) in [6.45, 7) is 2.41. The zero-order valence-corrected chi connectivity index (χ0v) is 9.61. The quantitative estimate of drug-likeness (QED) is 0.654. The molecule has 0 radical (unpaired) electrons. The molecule has 16 heavy (non-hydrogen) atoms. The summed E-state index contributed by atoms with van der Waals surface area (Å²) in [5.41, 5.74) is 2.20. The molecule has 1 aromatic rings. The smallest absolute Gasteiger partial charge is 0.0713 e. The highest BCUT2D eigenvalue weighted by Gasteiger charge is 1.95. The van der Waals surface area contributed by atoms with Gasteiger partial charge in [0.15, 0.2) is 0 Å². The van der Waals surface area contributed by atoms with Crippen LogP contribution in [0.15, 0.2) is 24.3 Å². The summed E-state index contributed by atoms with van der Waals surface area (Å²) in [5.74, 6) is 0. The Morgan fingerprint density at radius 3 is 2.94 bits per heavy atom.